The van der Waals surface area contributed by atoms with Gasteiger partial charge in [0.2, 0.25) is 0 Å². The maximum atomic E-state index is 6.07. The summed E-state index contributed by atoms with van der Waals surface area (Å²) in [5, 5.41) is 0.679. The quantitative estimate of drug-likeness (QED) is 0.309. The minimum atomic E-state index is 0.618. The van der Waals surface area contributed by atoms with Crippen molar-refractivity contribution < 1.29 is 0 Å². The molecule has 31 heavy (non-hydrogen) atoms. The smallest absolute Gasteiger partial charge is 0.164 e. The summed E-state index contributed by atoms with van der Waals surface area (Å²) in [6, 6.07) is 36.1. The van der Waals surface area contributed by atoms with E-state index in [1.54, 1.807) is 0 Å². The van der Waals surface area contributed by atoms with E-state index in [0.29, 0.717) is 22.5 Å². The average molecular weight is 420 g/mol. The van der Waals surface area contributed by atoms with Gasteiger partial charge < -0.3 is 0 Å². The third kappa shape index (κ3) is 4.23. The van der Waals surface area contributed by atoms with Gasteiger partial charge in [0.25, 0.3) is 0 Å². The summed E-state index contributed by atoms with van der Waals surface area (Å²) >= 11 is 6.07. The maximum absolute atomic E-state index is 6.07. The first-order valence-corrected chi connectivity index (χ1v) is 10.4. The van der Waals surface area contributed by atoms with E-state index in [-0.39, 0.29) is 0 Å². The number of nitrogens with zero attached hydrogens (tertiary/aromatic N) is 3. The van der Waals surface area contributed by atoms with Crippen molar-refractivity contribution in [2.24, 2.45) is 0 Å². The SMILES string of the molecule is Clc1ccc(-c2nc(-c3ccccc3)nc(-c3ccc(-c4ccccc4)cc3)n2)cc1. The summed E-state index contributed by atoms with van der Waals surface area (Å²) in [5.41, 5.74) is 5.11. The molecule has 1 aromatic heterocycles. The van der Waals surface area contributed by atoms with Crippen LogP contribution >= 0.6 is 11.6 Å². The third-order valence-electron chi connectivity index (χ3n) is 5.02. The Hall–Kier alpha value is -3.82. The van der Waals surface area contributed by atoms with Crippen LogP contribution in [-0.4, -0.2) is 15.0 Å². The van der Waals surface area contributed by atoms with Crippen molar-refractivity contribution in [3.63, 3.8) is 0 Å². The van der Waals surface area contributed by atoms with Gasteiger partial charge in [-0.3, -0.25) is 0 Å². The fourth-order valence-corrected chi connectivity index (χ4v) is 3.52. The molecule has 0 atom stereocenters. The highest BCUT2D eigenvalue weighted by Gasteiger charge is 2.12. The minimum absolute atomic E-state index is 0.618. The second kappa shape index (κ2) is 8.50. The van der Waals surface area contributed by atoms with Crippen molar-refractivity contribution in [1.29, 1.82) is 0 Å². The fraction of sp³-hybridized carbons (Fsp3) is 0. The van der Waals surface area contributed by atoms with E-state index in [2.05, 4.69) is 36.4 Å². The summed E-state index contributed by atoms with van der Waals surface area (Å²) in [6.45, 7) is 0. The van der Waals surface area contributed by atoms with E-state index < -0.39 is 0 Å². The number of benzene rings is 4. The standard InChI is InChI=1S/C27H18ClN3/c28-24-17-15-23(16-18-24)27-30-25(21-9-5-2-6-10-21)29-26(31-27)22-13-11-20(12-14-22)19-7-3-1-4-8-19/h1-18H. The summed E-state index contributed by atoms with van der Waals surface area (Å²) in [7, 11) is 0. The van der Waals surface area contributed by atoms with E-state index in [1.165, 1.54) is 5.56 Å². The first-order chi connectivity index (χ1) is 15.3. The van der Waals surface area contributed by atoms with Crippen LogP contribution in [0.3, 0.4) is 0 Å². The van der Waals surface area contributed by atoms with E-state index in [0.717, 1.165) is 22.3 Å². The molecule has 3 nitrogen and oxygen atoms in total. The van der Waals surface area contributed by atoms with Gasteiger partial charge in [-0.25, -0.2) is 15.0 Å². The Labute approximate surface area is 186 Å². The lowest BCUT2D eigenvalue weighted by Gasteiger charge is -2.09. The van der Waals surface area contributed by atoms with Crippen molar-refractivity contribution >= 4 is 11.6 Å². The Morgan fingerprint density at radius 3 is 1.16 bits per heavy atom. The molecule has 0 bridgehead atoms. The van der Waals surface area contributed by atoms with E-state index in [1.807, 2.05) is 72.8 Å². The number of aromatic nitrogens is 3. The lowest BCUT2D eigenvalue weighted by atomic mass is 10.0. The van der Waals surface area contributed by atoms with Gasteiger partial charge in [0.15, 0.2) is 17.5 Å². The number of halogens is 1. The molecule has 4 aromatic carbocycles. The fourth-order valence-electron chi connectivity index (χ4n) is 3.39. The van der Waals surface area contributed by atoms with Crippen LogP contribution in [0.15, 0.2) is 109 Å². The van der Waals surface area contributed by atoms with Crippen molar-refractivity contribution in [3.8, 4) is 45.3 Å². The lowest BCUT2D eigenvalue weighted by Crippen LogP contribution is -2.00. The van der Waals surface area contributed by atoms with Gasteiger partial charge >= 0.3 is 0 Å². The van der Waals surface area contributed by atoms with Crippen molar-refractivity contribution in [1.82, 2.24) is 15.0 Å². The minimum Gasteiger partial charge on any atom is -0.208 e. The van der Waals surface area contributed by atoms with Crippen molar-refractivity contribution in [2.45, 2.75) is 0 Å². The van der Waals surface area contributed by atoms with Gasteiger partial charge in [0, 0.05) is 21.7 Å². The van der Waals surface area contributed by atoms with E-state index >= 15 is 0 Å². The molecule has 5 rings (SSSR count). The Kier molecular flexibility index (Phi) is 5.26. The zero-order chi connectivity index (χ0) is 21.0. The van der Waals surface area contributed by atoms with Crippen molar-refractivity contribution in [2.75, 3.05) is 0 Å². The van der Waals surface area contributed by atoms with Gasteiger partial charge in [-0.2, -0.15) is 0 Å². The molecule has 148 valence electrons. The predicted octanol–water partition coefficient (Wildman–Crippen LogP) is 7.19. The first-order valence-electron chi connectivity index (χ1n) is 9.99. The molecule has 0 amide bonds. The normalized spacial score (nSPS) is 10.7. The summed E-state index contributed by atoms with van der Waals surface area (Å²) in [4.78, 5) is 14.3. The van der Waals surface area contributed by atoms with Crippen molar-refractivity contribution in [3.05, 3.63) is 114 Å². The Bertz CT molecular complexity index is 1300. The van der Waals surface area contributed by atoms with Crippen LogP contribution in [0.5, 0.6) is 0 Å². The molecule has 0 saturated heterocycles. The maximum Gasteiger partial charge on any atom is 0.164 e. The third-order valence-corrected chi connectivity index (χ3v) is 5.27. The van der Waals surface area contributed by atoms with Crippen LogP contribution in [0.1, 0.15) is 0 Å². The van der Waals surface area contributed by atoms with Gasteiger partial charge in [0.05, 0.1) is 0 Å². The Balaban J connectivity index is 1.60. The molecule has 0 spiro atoms. The number of hydrogen-bond acceptors (Lipinski definition) is 3. The molecule has 5 aromatic rings. The lowest BCUT2D eigenvalue weighted by molar-refractivity contribution is 1.07. The predicted molar refractivity (Wildman–Crippen MR) is 127 cm³/mol. The Morgan fingerprint density at radius 2 is 0.677 bits per heavy atom. The molecule has 0 aliphatic heterocycles. The van der Waals surface area contributed by atoms with Gasteiger partial charge in [0.1, 0.15) is 0 Å². The van der Waals surface area contributed by atoms with Gasteiger partial charge in [-0.15, -0.1) is 0 Å². The molecular formula is C27H18ClN3. The summed E-state index contributed by atoms with van der Waals surface area (Å²) < 4.78 is 0. The monoisotopic (exact) mass is 419 g/mol. The van der Waals surface area contributed by atoms with E-state index in [9.17, 15) is 0 Å². The molecule has 1 heterocycles. The average Bonchev–Trinajstić information content (AvgIpc) is 2.85. The zero-order valence-electron chi connectivity index (χ0n) is 16.6. The van der Waals surface area contributed by atoms with Crippen LogP contribution in [0, 0.1) is 0 Å². The number of hydrogen-bond donors (Lipinski definition) is 0. The number of rotatable bonds is 4. The topological polar surface area (TPSA) is 38.7 Å². The van der Waals surface area contributed by atoms with Gasteiger partial charge in [-0.05, 0) is 35.4 Å². The first kappa shape index (κ1) is 19.2. The van der Waals surface area contributed by atoms with E-state index in [4.69, 9.17) is 26.6 Å². The molecule has 4 heteroatoms. The summed E-state index contributed by atoms with van der Waals surface area (Å²) in [6.07, 6.45) is 0. The molecule has 0 aliphatic carbocycles. The molecule has 0 aliphatic rings. The van der Waals surface area contributed by atoms with Gasteiger partial charge in [-0.1, -0.05) is 96.5 Å². The zero-order valence-corrected chi connectivity index (χ0v) is 17.4. The molecule has 0 saturated carbocycles. The van der Waals surface area contributed by atoms with Crippen LogP contribution in [-0.2, 0) is 0 Å². The van der Waals surface area contributed by atoms with Crippen LogP contribution in [0.25, 0.3) is 45.3 Å². The molecule has 0 unspecified atom stereocenters. The second-order valence-electron chi connectivity index (χ2n) is 7.12. The van der Waals surface area contributed by atoms with Crippen LogP contribution < -0.4 is 0 Å². The largest absolute Gasteiger partial charge is 0.208 e. The summed E-state index contributed by atoms with van der Waals surface area (Å²) in [5.74, 6) is 1.90. The van der Waals surface area contributed by atoms with Crippen LogP contribution in [0.2, 0.25) is 5.02 Å². The van der Waals surface area contributed by atoms with Crippen LogP contribution in [0.4, 0.5) is 0 Å². The highest BCUT2D eigenvalue weighted by atomic mass is 35.5. The highest BCUT2D eigenvalue weighted by Crippen LogP contribution is 2.27. The second-order valence-corrected chi connectivity index (χ2v) is 7.56. The highest BCUT2D eigenvalue weighted by molar-refractivity contribution is 6.30. The molecule has 0 N–H and O–H groups in total. The molecular weight excluding hydrogens is 402 g/mol. The molecule has 0 radical (unpaired) electrons. The Morgan fingerprint density at radius 1 is 0.355 bits per heavy atom. The molecule has 0 fully saturated rings.